The Morgan fingerprint density at radius 1 is 1.04 bits per heavy atom. The van der Waals surface area contributed by atoms with Gasteiger partial charge in [-0.1, -0.05) is 11.6 Å². The topological polar surface area (TPSA) is 68.9 Å². The number of carbonyl (C=O) groups is 1. The lowest BCUT2D eigenvalue weighted by atomic mass is 10.1. The summed E-state index contributed by atoms with van der Waals surface area (Å²) in [6.07, 6.45) is 0. The molecule has 0 radical (unpaired) electrons. The standard InChI is InChI=1S/C20H17ClN4O2/c1-11-15(9-12-8-13(21)4-6-16(12)22-11)19(26)23-14-5-7-17-18(10-14)25(3)20(27)24(17)2/h4-10H,1-3H3,(H,23,26). The van der Waals surface area contributed by atoms with Crippen LogP contribution in [0.25, 0.3) is 21.9 Å². The van der Waals surface area contributed by atoms with E-state index in [0.29, 0.717) is 22.0 Å². The fraction of sp³-hybridized carbons (Fsp3) is 0.150. The number of aromatic nitrogens is 3. The van der Waals surface area contributed by atoms with E-state index in [0.717, 1.165) is 21.9 Å². The van der Waals surface area contributed by atoms with Crippen LogP contribution in [-0.4, -0.2) is 20.0 Å². The smallest absolute Gasteiger partial charge is 0.322 e. The van der Waals surface area contributed by atoms with Gasteiger partial charge in [0.25, 0.3) is 5.91 Å². The molecule has 0 unspecified atom stereocenters. The van der Waals surface area contributed by atoms with Crippen LogP contribution in [0.4, 0.5) is 5.69 Å². The van der Waals surface area contributed by atoms with Crippen LogP contribution in [0.1, 0.15) is 16.1 Å². The minimum Gasteiger partial charge on any atom is -0.322 e. The van der Waals surface area contributed by atoms with Crippen LogP contribution >= 0.6 is 11.6 Å². The number of imidazole rings is 1. The van der Waals surface area contributed by atoms with Gasteiger partial charge in [-0.25, -0.2) is 4.79 Å². The van der Waals surface area contributed by atoms with Gasteiger partial charge < -0.3 is 5.32 Å². The lowest BCUT2D eigenvalue weighted by Gasteiger charge is -2.09. The number of rotatable bonds is 2. The van der Waals surface area contributed by atoms with Gasteiger partial charge in [0.15, 0.2) is 0 Å². The number of halogens is 1. The molecule has 2 aromatic carbocycles. The van der Waals surface area contributed by atoms with Gasteiger partial charge in [0.2, 0.25) is 0 Å². The molecule has 1 N–H and O–H groups in total. The van der Waals surface area contributed by atoms with Crippen LogP contribution in [0.3, 0.4) is 0 Å². The number of hydrogen-bond donors (Lipinski definition) is 1. The fourth-order valence-corrected chi connectivity index (χ4v) is 3.44. The van der Waals surface area contributed by atoms with Gasteiger partial charge in [-0.05, 0) is 49.4 Å². The van der Waals surface area contributed by atoms with Crippen LogP contribution in [-0.2, 0) is 14.1 Å². The van der Waals surface area contributed by atoms with Gasteiger partial charge in [0, 0.05) is 30.2 Å². The summed E-state index contributed by atoms with van der Waals surface area (Å²) in [5.74, 6) is -0.262. The second-order valence-electron chi connectivity index (χ2n) is 6.52. The van der Waals surface area contributed by atoms with E-state index in [9.17, 15) is 9.59 Å². The van der Waals surface area contributed by atoms with E-state index in [4.69, 9.17) is 11.6 Å². The minimum absolute atomic E-state index is 0.111. The number of hydrogen-bond acceptors (Lipinski definition) is 3. The monoisotopic (exact) mass is 380 g/mol. The molecule has 2 aromatic heterocycles. The Bertz CT molecular complexity index is 1290. The van der Waals surface area contributed by atoms with Crippen molar-refractivity contribution in [2.45, 2.75) is 6.92 Å². The van der Waals surface area contributed by atoms with E-state index < -0.39 is 0 Å². The van der Waals surface area contributed by atoms with Gasteiger partial charge in [0.05, 0.1) is 27.8 Å². The Morgan fingerprint density at radius 3 is 2.56 bits per heavy atom. The van der Waals surface area contributed by atoms with Crippen LogP contribution in [0.2, 0.25) is 5.02 Å². The molecule has 0 aliphatic carbocycles. The Balaban J connectivity index is 1.73. The largest absolute Gasteiger partial charge is 0.328 e. The average molecular weight is 381 g/mol. The first-order valence-electron chi connectivity index (χ1n) is 8.39. The molecule has 0 fully saturated rings. The average Bonchev–Trinajstić information content (AvgIpc) is 2.85. The molecular weight excluding hydrogens is 364 g/mol. The van der Waals surface area contributed by atoms with E-state index in [1.165, 1.54) is 0 Å². The summed E-state index contributed by atoms with van der Waals surface area (Å²) < 4.78 is 3.12. The number of aryl methyl sites for hydroxylation is 3. The highest BCUT2D eigenvalue weighted by Gasteiger charge is 2.14. The highest BCUT2D eigenvalue weighted by Crippen LogP contribution is 2.22. The molecule has 2 heterocycles. The van der Waals surface area contributed by atoms with Crippen LogP contribution in [0.5, 0.6) is 0 Å². The first kappa shape index (κ1) is 17.3. The molecule has 0 bridgehead atoms. The number of anilines is 1. The second-order valence-corrected chi connectivity index (χ2v) is 6.95. The van der Waals surface area contributed by atoms with Crippen molar-refractivity contribution in [3.63, 3.8) is 0 Å². The van der Waals surface area contributed by atoms with Gasteiger partial charge in [-0.2, -0.15) is 0 Å². The zero-order valence-electron chi connectivity index (χ0n) is 15.1. The maximum Gasteiger partial charge on any atom is 0.328 e. The van der Waals surface area contributed by atoms with E-state index in [-0.39, 0.29) is 11.6 Å². The molecule has 27 heavy (non-hydrogen) atoms. The van der Waals surface area contributed by atoms with Gasteiger partial charge >= 0.3 is 5.69 Å². The lowest BCUT2D eigenvalue weighted by molar-refractivity contribution is 0.102. The summed E-state index contributed by atoms with van der Waals surface area (Å²) in [4.78, 5) is 29.3. The molecule has 0 aliphatic heterocycles. The van der Waals surface area contributed by atoms with Crippen molar-refractivity contribution in [3.8, 4) is 0 Å². The zero-order chi connectivity index (χ0) is 19.3. The molecule has 0 spiro atoms. The Labute approximate surface area is 160 Å². The summed E-state index contributed by atoms with van der Waals surface area (Å²) in [6.45, 7) is 1.80. The molecule has 6 nitrogen and oxygen atoms in total. The number of nitrogens with one attached hydrogen (secondary N) is 1. The fourth-order valence-electron chi connectivity index (χ4n) is 3.26. The van der Waals surface area contributed by atoms with Crippen LogP contribution in [0.15, 0.2) is 47.3 Å². The third kappa shape index (κ3) is 2.88. The first-order chi connectivity index (χ1) is 12.8. The van der Waals surface area contributed by atoms with Crippen molar-refractivity contribution in [3.05, 3.63) is 69.2 Å². The summed E-state index contributed by atoms with van der Waals surface area (Å²) in [5, 5.41) is 4.29. The Hall–Kier alpha value is -3.12. The Morgan fingerprint density at radius 2 is 1.78 bits per heavy atom. The normalized spacial score (nSPS) is 11.3. The molecule has 0 aliphatic rings. The highest BCUT2D eigenvalue weighted by atomic mass is 35.5. The van der Waals surface area contributed by atoms with Crippen molar-refractivity contribution < 1.29 is 4.79 Å². The Kier molecular flexibility index (Phi) is 4.00. The molecular formula is C20H17ClN4O2. The van der Waals surface area contributed by atoms with Crippen molar-refractivity contribution in [2.75, 3.05) is 5.32 Å². The number of nitrogens with zero attached hydrogens (tertiary/aromatic N) is 3. The van der Waals surface area contributed by atoms with Gasteiger partial charge in [0.1, 0.15) is 0 Å². The quantitative estimate of drug-likeness (QED) is 0.577. The van der Waals surface area contributed by atoms with Crippen molar-refractivity contribution in [2.24, 2.45) is 14.1 Å². The summed E-state index contributed by atoms with van der Waals surface area (Å²) in [5.41, 5.74) is 3.95. The third-order valence-electron chi connectivity index (χ3n) is 4.74. The number of benzene rings is 2. The van der Waals surface area contributed by atoms with Gasteiger partial charge in [-0.15, -0.1) is 0 Å². The van der Waals surface area contributed by atoms with Gasteiger partial charge in [-0.3, -0.25) is 18.9 Å². The molecule has 0 atom stereocenters. The van der Waals surface area contributed by atoms with Crippen molar-refractivity contribution >= 4 is 45.1 Å². The highest BCUT2D eigenvalue weighted by molar-refractivity contribution is 6.31. The predicted molar refractivity (Wildman–Crippen MR) is 108 cm³/mol. The van der Waals surface area contributed by atoms with Crippen molar-refractivity contribution in [1.82, 2.24) is 14.1 Å². The first-order valence-corrected chi connectivity index (χ1v) is 8.76. The number of carbonyl (C=O) groups excluding carboxylic acids is 1. The summed E-state index contributed by atoms with van der Waals surface area (Å²) in [7, 11) is 3.43. The molecule has 4 aromatic rings. The van der Waals surface area contributed by atoms with E-state index in [1.807, 2.05) is 12.1 Å². The molecule has 0 saturated carbocycles. The molecule has 7 heteroatoms. The minimum atomic E-state index is -0.262. The van der Waals surface area contributed by atoms with E-state index in [2.05, 4.69) is 10.3 Å². The summed E-state index contributed by atoms with van der Waals surface area (Å²) in [6, 6.07) is 12.6. The summed E-state index contributed by atoms with van der Waals surface area (Å²) >= 11 is 6.05. The SMILES string of the molecule is Cc1nc2ccc(Cl)cc2cc1C(=O)Nc1ccc2c(c1)n(C)c(=O)n2C. The van der Waals surface area contributed by atoms with Crippen molar-refractivity contribution in [1.29, 1.82) is 0 Å². The molecule has 4 rings (SSSR count). The van der Waals surface area contributed by atoms with Crippen LogP contribution in [0, 0.1) is 6.92 Å². The lowest BCUT2D eigenvalue weighted by Crippen LogP contribution is -2.19. The van der Waals surface area contributed by atoms with E-state index in [1.54, 1.807) is 60.5 Å². The van der Waals surface area contributed by atoms with Crippen LogP contribution < -0.4 is 11.0 Å². The zero-order valence-corrected chi connectivity index (χ0v) is 15.8. The maximum absolute atomic E-state index is 12.8. The maximum atomic E-state index is 12.8. The third-order valence-corrected chi connectivity index (χ3v) is 4.98. The second kappa shape index (κ2) is 6.25. The molecule has 136 valence electrons. The number of pyridine rings is 1. The van der Waals surface area contributed by atoms with E-state index >= 15 is 0 Å². The molecule has 1 amide bonds. The predicted octanol–water partition coefficient (Wildman–Crippen LogP) is 3.64. The molecule has 0 saturated heterocycles. The number of fused-ring (bicyclic) bond motifs is 2. The number of amides is 1.